The van der Waals surface area contributed by atoms with Crippen LogP contribution in [0.2, 0.25) is 0 Å². The van der Waals surface area contributed by atoms with Gasteiger partial charge in [0.2, 0.25) is 11.8 Å². The van der Waals surface area contributed by atoms with Crippen LogP contribution >= 0.6 is 0 Å². The fourth-order valence-electron chi connectivity index (χ4n) is 6.02. The van der Waals surface area contributed by atoms with Gasteiger partial charge in [0.25, 0.3) is 0 Å². The molecular weight excluding hydrogens is 641 g/mol. The number of halogens is 1. The molecule has 5 N–H and O–H groups in total. The molecule has 3 aromatic carbocycles. The Morgan fingerprint density at radius 3 is 2.46 bits per heavy atom. The number of nitrogens with one attached hydrogen (secondary N) is 2. The van der Waals surface area contributed by atoms with E-state index >= 15 is 0 Å². The van der Waals surface area contributed by atoms with Crippen molar-refractivity contribution in [3.05, 3.63) is 83.8 Å². The van der Waals surface area contributed by atoms with Gasteiger partial charge in [-0.3, -0.25) is 14.4 Å². The molecule has 0 saturated carbocycles. The topological polar surface area (TPSA) is 181 Å². The molecule has 2 amide bonds. The molecule has 3 atom stereocenters. The number of likely N-dealkylation sites (tertiary alicyclic amines) is 1. The minimum Gasteiger partial charge on any atom is -0.494 e. The smallest absolute Gasteiger partial charge is 0.309 e. The zero-order valence-electron chi connectivity index (χ0n) is 26.7. The van der Waals surface area contributed by atoms with Crippen molar-refractivity contribution in [2.75, 3.05) is 30.0 Å². The Morgan fingerprint density at radius 1 is 1.06 bits per heavy atom. The SMILES string of the molecule is COc1cc(C(Nc2ccc3c(N)nccc3c2)C(=O)N2CCC(C(=O)O)C2c2cc(NC(C)=O)ccc2S(=O)(=O)C(C)C)ccc1F. The summed E-state index contributed by atoms with van der Waals surface area (Å²) in [6, 6.07) is 12.6. The monoisotopic (exact) mass is 677 g/mol. The molecule has 0 spiro atoms. The molecule has 48 heavy (non-hydrogen) atoms. The van der Waals surface area contributed by atoms with Gasteiger partial charge in [0.15, 0.2) is 21.4 Å². The number of rotatable bonds is 10. The van der Waals surface area contributed by atoms with Crippen molar-refractivity contribution in [2.24, 2.45) is 5.92 Å². The number of aromatic nitrogens is 1. The predicted molar refractivity (Wildman–Crippen MR) is 179 cm³/mol. The van der Waals surface area contributed by atoms with E-state index in [-0.39, 0.29) is 34.9 Å². The molecule has 12 nitrogen and oxygen atoms in total. The van der Waals surface area contributed by atoms with Gasteiger partial charge >= 0.3 is 5.97 Å². The molecule has 1 aliphatic rings. The zero-order valence-corrected chi connectivity index (χ0v) is 27.5. The molecule has 5 rings (SSSR count). The van der Waals surface area contributed by atoms with Crippen LogP contribution in [0, 0.1) is 11.7 Å². The number of hydrogen-bond donors (Lipinski definition) is 4. The number of sulfone groups is 1. The first kappa shape index (κ1) is 34.1. The summed E-state index contributed by atoms with van der Waals surface area (Å²) in [7, 11) is -2.69. The minimum absolute atomic E-state index is 0.0254. The third kappa shape index (κ3) is 6.61. The predicted octanol–water partition coefficient (Wildman–Crippen LogP) is 4.93. The summed E-state index contributed by atoms with van der Waals surface area (Å²) in [6.45, 7) is 4.27. The number of aliphatic carboxylic acids is 1. The normalized spacial score (nSPS) is 16.9. The molecule has 3 unspecified atom stereocenters. The second-order valence-corrected chi connectivity index (χ2v) is 14.3. The number of methoxy groups -OCH3 is 1. The van der Waals surface area contributed by atoms with E-state index in [2.05, 4.69) is 15.6 Å². The van der Waals surface area contributed by atoms with Gasteiger partial charge in [-0.25, -0.2) is 17.8 Å². The van der Waals surface area contributed by atoms with Crippen molar-refractivity contribution in [1.82, 2.24) is 9.88 Å². The third-order valence-electron chi connectivity index (χ3n) is 8.44. The summed E-state index contributed by atoms with van der Waals surface area (Å²) >= 11 is 0. The summed E-state index contributed by atoms with van der Waals surface area (Å²) in [4.78, 5) is 44.6. The van der Waals surface area contributed by atoms with E-state index in [0.717, 1.165) is 11.5 Å². The number of hydrogen-bond acceptors (Lipinski definition) is 9. The van der Waals surface area contributed by atoms with Gasteiger partial charge in [0.1, 0.15) is 11.9 Å². The summed E-state index contributed by atoms with van der Waals surface area (Å²) in [6.07, 6.45) is 1.58. The number of pyridine rings is 1. The highest BCUT2D eigenvalue weighted by Gasteiger charge is 2.46. The van der Waals surface area contributed by atoms with E-state index in [4.69, 9.17) is 10.5 Å². The van der Waals surface area contributed by atoms with Gasteiger partial charge < -0.3 is 31.1 Å². The maximum Gasteiger partial charge on any atom is 0.309 e. The molecule has 0 bridgehead atoms. The Bertz CT molecular complexity index is 2020. The van der Waals surface area contributed by atoms with Crippen LogP contribution in [0.3, 0.4) is 0 Å². The van der Waals surface area contributed by atoms with Gasteiger partial charge in [-0.1, -0.05) is 6.07 Å². The fourth-order valence-corrected chi connectivity index (χ4v) is 7.30. The van der Waals surface area contributed by atoms with Gasteiger partial charge in [0, 0.05) is 36.4 Å². The lowest BCUT2D eigenvalue weighted by atomic mass is 9.92. The van der Waals surface area contributed by atoms with E-state index in [9.17, 15) is 32.3 Å². The average Bonchev–Trinajstić information content (AvgIpc) is 3.49. The van der Waals surface area contributed by atoms with E-state index in [1.165, 1.54) is 63.1 Å². The number of ether oxygens (including phenoxy) is 1. The maximum atomic E-state index is 14.7. The van der Waals surface area contributed by atoms with E-state index in [0.29, 0.717) is 22.5 Å². The molecule has 4 aromatic rings. The number of fused-ring (bicyclic) bond motifs is 1. The zero-order chi connectivity index (χ0) is 34.9. The Kier molecular flexibility index (Phi) is 9.57. The van der Waals surface area contributed by atoms with Crippen LogP contribution in [0.1, 0.15) is 50.4 Å². The van der Waals surface area contributed by atoms with Crippen LogP contribution in [-0.2, 0) is 24.2 Å². The highest BCUT2D eigenvalue weighted by Crippen LogP contribution is 2.44. The molecule has 2 heterocycles. The number of carboxylic acid groups (broad SMARTS) is 1. The lowest BCUT2D eigenvalue weighted by Crippen LogP contribution is -2.40. The Morgan fingerprint density at radius 2 is 1.79 bits per heavy atom. The summed E-state index contributed by atoms with van der Waals surface area (Å²) < 4.78 is 47.0. The molecule has 14 heteroatoms. The van der Waals surface area contributed by atoms with Crippen LogP contribution in [0.15, 0.2) is 71.8 Å². The van der Waals surface area contributed by atoms with Crippen molar-refractivity contribution in [3.8, 4) is 5.75 Å². The molecule has 0 aliphatic carbocycles. The van der Waals surface area contributed by atoms with Crippen LogP contribution in [-0.4, -0.2) is 60.1 Å². The number of amides is 2. The molecule has 0 radical (unpaired) electrons. The average molecular weight is 678 g/mol. The number of carboxylic acids is 1. The van der Waals surface area contributed by atoms with Gasteiger partial charge in [-0.2, -0.15) is 0 Å². The first-order valence-corrected chi connectivity index (χ1v) is 16.7. The molecule has 1 fully saturated rings. The Balaban J connectivity index is 1.67. The standard InChI is InChI=1S/C34H36FN5O7S/c1-18(2)48(45,46)29-10-7-23(38-19(3)41)17-26(29)31-25(34(43)44)12-14-40(31)33(42)30(21-5-9-27(35)28(16-21)47-4)39-22-6-8-24-20(15-22)11-13-37-32(24)36/h5-11,13,15-18,25,30-31,39H,12,14H2,1-4H3,(H2,36,37)(H,38,41)(H,43,44). The lowest BCUT2D eigenvalue weighted by Gasteiger charge is -2.33. The Labute approximate surface area is 277 Å². The second-order valence-electron chi connectivity index (χ2n) is 11.8. The van der Waals surface area contributed by atoms with Gasteiger partial charge in [-0.15, -0.1) is 0 Å². The first-order chi connectivity index (χ1) is 22.7. The molecule has 1 saturated heterocycles. The van der Waals surface area contributed by atoms with Crippen LogP contribution in [0.5, 0.6) is 5.75 Å². The number of nitrogens with two attached hydrogens (primary N) is 1. The van der Waals surface area contributed by atoms with Crippen LogP contribution in [0.25, 0.3) is 10.8 Å². The van der Waals surface area contributed by atoms with Crippen molar-refractivity contribution in [1.29, 1.82) is 0 Å². The fraction of sp³-hybridized carbons (Fsp3) is 0.294. The van der Waals surface area contributed by atoms with E-state index < -0.39 is 56.7 Å². The first-order valence-electron chi connectivity index (χ1n) is 15.2. The van der Waals surface area contributed by atoms with Crippen molar-refractivity contribution in [2.45, 2.75) is 49.4 Å². The third-order valence-corrected chi connectivity index (χ3v) is 10.7. The summed E-state index contributed by atoms with van der Waals surface area (Å²) in [5, 5.41) is 16.7. The van der Waals surface area contributed by atoms with Crippen molar-refractivity contribution >= 4 is 55.6 Å². The number of anilines is 3. The Hall–Kier alpha value is -5.24. The number of carbonyl (C=O) groups is 3. The van der Waals surface area contributed by atoms with Crippen LogP contribution < -0.4 is 21.1 Å². The highest BCUT2D eigenvalue weighted by atomic mass is 32.2. The number of nitrogen functional groups attached to an aromatic ring is 1. The number of benzene rings is 3. The molecule has 1 aromatic heterocycles. The lowest BCUT2D eigenvalue weighted by molar-refractivity contribution is -0.143. The minimum atomic E-state index is -3.98. The number of carbonyl (C=O) groups excluding carboxylic acids is 2. The number of nitrogens with zero attached hydrogens (tertiary/aromatic N) is 2. The molecular formula is C34H36FN5O7S. The van der Waals surface area contributed by atoms with E-state index in [1.807, 2.05) is 0 Å². The van der Waals surface area contributed by atoms with Crippen molar-refractivity contribution < 1.29 is 37.0 Å². The molecule has 252 valence electrons. The molecule has 1 aliphatic heterocycles. The summed E-state index contributed by atoms with van der Waals surface area (Å²) in [5.74, 6) is -3.85. The van der Waals surface area contributed by atoms with Gasteiger partial charge in [-0.05, 0) is 91.4 Å². The highest BCUT2D eigenvalue weighted by molar-refractivity contribution is 7.92. The van der Waals surface area contributed by atoms with Gasteiger partial charge in [0.05, 0.1) is 29.2 Å². The second kappa shape index (κ2) is 13.5. The summed E-state index contributed by atoms with van der Waals surface area (Å²) in [5.41, 5.74) is 7.14. The van der Waals surface area contributed by atoms with E-state index in [1.54, 1.807) is 30.5 Å². The van der Waals surface area contributed by atoms with Crippen LogP contribution in [0.4, 0.5) is 21.6 Å². The maximum absolute atomic E-state index is 14.7. The largest absolute Gasteiger partial charge is 0.494 e. The van der Waals surface area contributed by atoms with Crippen molar-refractivity contribution in [3.63, 3.8) is 0 Å². The quantitative estimate of drug-likeness (QED) is 0.180.